The first-order valence-electron chi connectivity index (χ1n) is 5.82. The molecule has 1 heterocycles. The highest BCUT2D eigenvalue weighted by Crippen LogP contribution is 2.27. The zero-order chi connectivity index (χ0) is 15.6. The van der Waals surface area contributed by atoms with Crippen molar-refractivity contribution in [2.45, 2.75) is 12.5 Å². The second-order valence-corrected chi connectivity index (χ2v) is 5.31. The van der Waals surface area contributed by atoms with Gasteiger partial charge in [-0.2, -0.15) is 0 Å². The maximum absolute atomic E-state index is 13.5. The van der Waals surface area contributed by atoms with Gasteiger partial charge in [-0.3, -0.25) is 9.59 Å². The van der Waals surface area contributed by atoms with E-state index >= 15 is 0 Å². The topological polar surface area (TPSA) is 104 Å². The third kappa shape index (κ3) is 3.34. The standard InChI is InChI=1S/C13H10FNO5S/c14-7-2-1-3-9-6(7)4-10(21-9)12(18)15-8(13(19)20)5-11(16)17/h1-4,8H,5H2,(H,15,18)(H,16,17)(H,19,20)/t8-/m1/s1. The van der Waals surface area contributed by atoms with Gasteiger partial charge in [-0.25, -0.2) is 9.18 Å². The maximum atomic E-state index is 13.5. The number of nitrogens with one attached hydrogen (secondary N) is 1. The molecule has 21 heavy (non-hydrogen) atoms. The summed E-state index contributed by atoms with van der Waals surface area (Å²) < 4.78 is 14.1. The largest absolute Gasteiger partial charge is 0.481 e. The Labute approximate surface area is 121 Å². The molecule has 0 unspecified atom stereocenters. The summed E-state index contributed by atoms with van der Waals surface area (Å²) in [4.78, 5) is 33.5. The summed E-state index contributed by atoms with van der Waals surface area (Å²) >= 11 is 1.000. The minimum absolute atomic E-state index is 0.117. The highest BCUT2D eigenvalue weighted by atomic mass is 32.1. The van der Waals surface area contributed by atoms with Gasteiger partial charge in [-0.05, 0) is 18.2 Å². The number of thiophene rings is 1. The van der Waals surface area contributed by atoms with Gasteiger partial charge in [0.05, 0.1) is 11.3 Å². The van der Waals surface area contributed by atoms with Crippen molar-refractivity contribution in [2.75, 3.05) is 0 Å². The summed E-state index contributed by atoms with van der Waals surface area (Å²) in [7, 11) is 0. The van der Waals surface area contributed by atoms with Crippen LogP contribution in [0.15, 0.2) is 24.3 Å². The van der Waals surface area contributed by atoms with Gasteiger partial charge in [0.1, 0.15) is 11.9 Å². The van der Waals surface area contributed by atoms with Crippen LogP contribution in [0.25, 0.3) is 10.1 Å². The maximum Gasteiger partial charge on any atom is 0.326 e. The van der Waals surface area contributed by atoms with Crippen molar-refractivity contribution in [2.24, 2.45) is 0 Å². The lowest BCUT2D eigenvalue weighted by atomic mass is 10.2. The van der Waals surface area contributed by atoms with Crippen molar-refractivity contribution in [1.29, 1.82) is 0 Å². The number of aliphatic carboxylic acids is 2. The van der Waals surface area contributed by atoms with Crippen LogP contribution in [0.1, 0.15) is 16.1 Å². The fraction of sp³-hybridized carbons (Fsp3) is 0.154. The first kappa shape index (κ1) is 14.9. The van der Waals surface area contributed by atoms with Gasteiger partial charge >= 0.3 is 11.9 Å². The normalized spacial score (nSPS) is 12.0. The van der Waals surface area contributed by atoms with E-state index in [4.69, 9.17) is 10.2 Å². The van der Waals surface area contributed by atoms with Crippen molar-refractivity contribution in [3.8, 4) is 0 Å². The number of amides is 1. The second kappa shape index (κ2) is 5.88. The molecule has 1 aromatic heterocycles. The zero-order valence-corrected chi connectivity index (χ0v) is 11.3. The number of carboxylic acid groups (broad SMARTS) is 2. The molecule has 0 aliphatic heterocycles. The molecule has 0 aliphatic rings. The molecule has 3 N–H and O–H groups in total. The van der Waals surface area contributed by atoms with Gasteiger partial charge in [-0.1, -0.05) is 6.07 Å². The smallest absolute Gasteiger partial charge is 0.326 e. The Morgan fingerprint density at radius 3 is 2.57 bits per heavy atom. The molecule has 1 amide bonds. The van der Waals surface area contributed by atoms with Crippen LogP contribution in [-0.4, -0.2) is 34.1 Å². The predicted molar refractivity (Wildman–Crippen MR) is 72.9 cm³/mol. The number of carboxylic acids is 2. The molecule has 0 saturated carbocycles. The monoisotopic (exact) mass is 311 g/mol. The van der Waals surface area contributed by atoms with E-state index in [0.29, 0.717) is 4.70 Å². The molecule has 110 valence electrons. The number of hydrogen-bond acceptors (Lipinski definition) is 4. The van der Waals surface area contributed by atoms with E-state index < -0.39 is 36.1 Å². The van der Waals surface area contributed by atoms with Crippen molar-refractivity contribution >= 4 is 39.3 Å². The van der Waals surface area contributed by atoms with E-state index in [1.807, 2.05) is 0 Å². The van der Waals surface area contributed by atoms with Gasteiger partial charge in [0.2, 0.25) is 0 Å². The van der Waals surface area contributed by atoms with Crippen LogP contribution in [0.2, 0.25) is 0 Å². The van der Waals surface area contributed by atoms with Crippen molar-refractivity contribution < 1.29 is 29.0 Å². The third-order valence-electron chi connectivity index (χ3n) is 2.71. The molecule has 0 saturated heterocycles. The molecule has 0 spiro atoms. The van der Waals surface area contributed by atoms with E-state index in [2.05, 4.69) is 5.32 Å². The van der Waals surface area contributed by atoms with E-state index in [1.165, 1.54) is 18.2 Å². The lowest BCUT2D eigenvalue weighted by Gasteiger charge is -2.11. The van der Waals surface area contributed by atoms with E-state index in [0.717, 1.165) is 11.3 Å². The Kier molecular flexibility index (Phi) is 4.18. The number of rotatable bonds is 5. The molecule has 1 atom stereocenters. The lowest BCUT2D eigenvalue weighted by Crippen LogP contribution is -2.41. The molecule has 0 fully saturated rings. The Morgan fingerprint density at radius 1 is 1.29 bits per heavy atom. The summed E-state index contributed by atoms with van der Waals surface area (Å²) in [5.74, 6) is -4.02. The Morgan fingerprint density at radius 2 is 2.00 bits per heavy atom. The van der Waals surface area contributed by atoms with Crippen molar-refractivity contribution in [3.05, 3.63) is 35.0 Å². The lowest BCUT2D eigenvalue weighted by molar-refractivity contribution is -0.145. The number of carbonyl (C=O) groups excluding carboxylic acids is 1. The molecule has 2 rings (SSSR count). The van der Waals surface area contributed by atoms with Crippen LogP contribution in [0.3, 0.4) is 0 Å². The molecule has 0 radical (unpaired) electrons. The first-order chi connectivity index (χ1) is 9.88. The molecule has 1 aromatic carbocycles. The van der Waals surface area contributed by atoms with Crippen LogP contribution in [0, 0.1) is 5.82 Å². The number of fused-ring (bicyclic) bond motifs is 1. The van der Waals surface area contributed by atoms with Gasteiger partial charge in [-0.15, -0.1) is 11.3 Å². The van der Waals surface area contributed by atoms with E-state index in [-0.39, 0.29) is 10.3 Å². The Hall–Kier alpha value is -2.48. The number of carbonyl (C=O) groups is 3. The third-order valence-corrected chi connectivity index (χ3v) is 3.81. The molecular formula is C13H10FNO5S. The molecule has 8 heteroatoms. The highest BCUT2D eigenvalue weighted by Gasteiger charge is 2.24. The molecule has 0 aliphatic carbocycles. The minimum atomic E-state index is -1.54. The summed E-state index contributed by atoms with van der Waals surface area (Å²) in [5.41, 5.74) is 0. The highest BCUT2D eigenvalue weighted by molar-refractivity contribution is 7.20. The average molecular weight is 311 g/mol. The van der Waals surface area contributed by atoms with Crippen LogP contribution in [-0.2, 0) is 9.59 Å². The fourth-order valence-electron chi connectivity index (χ4n) is 1.74. The number of hydrogen-bond donors (Lipinski definition) is 3. The van der Waals surface area contributed by atoms with Crippen LogP contribution < -0.4 is 5.32 Å². The van der Waals surface area contributed by atoms with Crippen LogP contribution >= 0.6 is 11.3 Å². The molecule has 0 bridgehead atoms. The van der Waals surface area contributed by atoms with Gasteiger partial charge in [0.15, 0.2) is 0 Å². The van der Waals surface area contributed by atoms with Crippen LogP contribution in [0.5, 0.6) is 0 Å². The quantitative estimate of drug-likeness (QED) is 0.779. The first-order valence-corrected chi connectivity index (χ1v) is 6.63. The summed E-state index contributed by atoms with van der Waals surface area (Å²) in [6, 6.07) is 4.16. The molecule has 6 nitrogen and oxygen atoms in total. The van der Waals surface area contributed by atoms with Crippen LogP contribution in [0.4, 0.5) is 4.39 Å². The fourth-order valence-corrected chi connectivity index (χ4v) is 2.72. The van der Waals surface area contributed by atoms with Gasteiger partial charge in [0, 0.05) is 10.1 Å². The number of halogens is 1. The van der Waals surface area contributed by atoms with Gasteiger partial charge in [0.25, 0.3) is 5.91 Å². The van der Waals surface area contributed by atoms with Crippen molar-refractivity contribution in [3.63, 3.8) is 0 Å². The Balaban J connectivity index is 2.23. The number of benzene rings is 1. The van der Waals surface area contributed by atoms with E-state index in [9.17, 15) is 18.8 Å². The molecular weight excluding hydrogens is 301 g/mol. The van der Waals surface area contributed by atoms with Crippen molar-refractivity contribution in [1.82, 2.24) is 5.32 Å². The Bertz CT molecular complexity index is 726. The molecule has 2 aromatic rings. The summed E-state index contributed by atoms with van der Waals surface area (Å²) in [6.45, 7) is 0. The minimum Gasteiger partial charge on any atom is -0.481 e. The zero-order valence-electron chi connectivity index (χ0n) is 10.5. The van der Waals surface area contributed by atoms with Gasteiger partial charge < -0.3 is 15.5 Å². The van der Waals surface area contributed by atoms with E-state index in [1.54, 1.807) is 6.07 Å². The SMILES string of the molecule is O=C(O)C[C@@H](NC(=O)c1cc2c(F)cccc2s1)C(=O)O. The average Bonchev–Trinajstić information content (AvgIpc) is 2.82. The second-order valence-electron chi connectivity index (χ2n) is 4.22. The predicted octanol–water partition coefficient (Wildman–Crippen LogP) is 1.70. The summed E-state index contributed by atoms with van der Waals surface area (Å²) in [6.07, 6.45) is -0.736. The summed E-state index contributed by atoms with van der Waals surface area (Å²) in [5, 5.41) is 19.8.